The fourth-order valence-electron chi connectivity index (χ4n) is 3.74. The molecule has 0 unspecified atom stereocenters. The van der Waals surface area contributed by atoms with E-state index in [1.807, 2.05) is 0 Å². The first-order valence-corrected chi connectivity index (χ1v) is 9.99. The second-order valence-electron chi connectivity index (χ2n) is 7.76. The Kier molecular flexibility index (Phi) is 6.38. The zero-order valence-corrected chi connectivity index (χ0v) is 17.7. The number of hydrogen-bond donors (Lipinski definition) is 2. The molecule has 172 valence electrons. The molecule has 1 atom stereocenters. The van der Waals surface area contributed by atoms with E-state index in [1.54, 1.807) is 5.32 Å². The number of carbonyl (C=O) groups is 3. The second-order valence-corrected chi connectivity index (χ2v) is 7.76. The van der Waals surface area contributed by atoms with Crippen molar-refractivity contribution in [2.24, 2.45) is 0 Å². The summed E-state index contributed by atoms with van der Waals surface area (Å²) in [6.45, 7) is 4.05. The van der Waals surface area contributed by atoms with Gasteiger partial charge in [-0.2, -0.15) is 17.6 Å². The van der Waals surface area contributed by atoms with Crippen molar-refractivity contribution in [1.29, 1.82) is 0 Å². The van der Waals surface area contributed by atoms with E-state index in [0.29, 0.717) is 25.1 Å². The molecule has 0 aliphatic carbocycles. The third-order valence-corrected chi connectivity index (χ3v) is 5.42. The SMILES string of the molecule is Cc1cc(NC(=O)c2c(C)c(C(=O)C(=O)N[C@H](C)C(F)(F)F)n3c2CCCC3)cnc1F. The first kappa shape index (κ1) is 23.4. The van der Waals surface area contributed by atoms with E-state index < -0.39 is 35.8 Å². The van der Waals surface area contributed by atoms with Crippen molar-refractivity contribution >= 4 is 23.3 Å². The van der Waals surface area contributed by atoms with Gasteiger partial charge in [-0.3, -0.25) is 14.4 Å². The lowest BCUT2D eigenvalue weighted by molar-refractivity contribution is -0.156. The predicted octanol–water partition coefficient (Wildman–Crippen LogP) is 3.48. The molecule has 0 spiro atoms. The molecule has 32 heavy (non-hydrogen) atoms. The lowest BCUT2D eigenvalue weighted by Gasteiger charge is -2.19. The highest BCUT2D eigenvalue weighted by atomic mass is 19.4. The third kappa shape index (κ3) is 4.51. The molecule has 0 saturated heterocycles. The third-order valence-electron chi connectivity index (χ3n) is 5.42. The number of halogens is 4. The van der Waals surface area contributed by atoms with Gasteiger partial charge in [0.25, 0.3) is 17.6 Å². The summed E-state index contributed by atoms with van der Waals surface area (Å²) in [6.07, 6.45) is -1.67. The molecule has 2 amide bonds. The van der Waals surface area contributed by atoms with E-state index in [4.69, 9.17) is 0 Å². The average molecular weight is 454 g/mol. The number of amides is 2. The zero-order chi connectivity index (χ0) is 23.8. The van der Waals surface area contributed by atoms with Gasteiger partial charge in [0, 0.05) is 17.8 Å². The maximum Gasteiger partial charge on any atom is 0.408 e. The molecule has 0 bridgehead atoms. The molecule has 3 heterocycles. The molecule has 1 aliphatic heterocycles. The number of carbonyl (C=O) groups excluding carboxylic acids is 3. The van der Waals surface area contributed by atoms with Crippen molar-refractivity contribution in [2.75, 3.05) is 5.32 Å². The van der Waals surface area contributed by atoms with Crippen LogP contribution in [0, 0.1) is 19.8 Å². The van der Waals surface area contributed by atoms with Gasteiger partial charge in [0.2, 0.25) is 5.95 Å². The highest BCUT2D eigenvalue weighted by Crippen LogP contribution is 2.30. The summed E-state index contributed by atoms with van der Waals surface area (Å²) < 4.78 is 53.3. The minimum atomic E-state index is -4.70. The van der Waals surface area contributed by atoms with Crippen LogP contribution in [0.4, 0.5) is 23.2 Å². The molecule has 0 saturated carbocycles. The smallest absolute Gasteiger partial charge is 0.341 e. The van der Waals surface area contributed by atoms with Gasteiger partial charge in [-0.15, -0.1) is 0 Å². The van der Waals surface area contributed by atoms with E-state index in [9.17, 15) is 31.9 Å². The molecule has 11 heteroatoms. The molecule has 0 radical (unpaired) electrons. The minimum Gasteiger partial charge on any atom is -0.341 e. The van der Waals surface area contributed by atoms with Crippen LogP contribution in [-0.4, -0.2) is 39.4 Å². The molecular weight excluding hydrogens is 432 g/mol. The van der Waals surface area contributed by atoms with Gasteiger partial charge in [-0.1, -0.05) is 0 Å². The maximum absolute atomic E-state index is 13.4. The molecular formula is C21H22F4N4O3. The molecule has 0 aromatic carbocycles. The average Bonchev–Trinajstić information content (AvgIpc) is 3.01. The van der Waals surface area contributed by atoms with E-state index in [1.165, 1.54) is 24.5 Å². The Morgan fingerprint density at radius 3 is 2.50 bits per heavy atom. The number of aromatic nitrogens is 2. The number of nitrogens with one attached hydrogen (secondary N) is 2. The standard InChI is InChI=1S/C21H22F4N4O3/c1-10-8-13(9-26-18(10)22)28-19(31)15-11(2)16(29-7-5-4-6-14(15)29)17(30)20(32)27-12(3)21(23,24)25/h8-9,12H,4-7H2,1-3H3,(H,27,32)(H,28,31)/t12-/m1/s1. The number of pyridine rings is 1. The minimum absolute atomic E-state index is 0.106. The van der Waals surface area contributed by atoms with E-state index >= 15 is 0 Å². The highest BCUT2D eigenvalue weighted by molar-refractivity contribution is 6.43. The van der Waals surface area contributed by atoms with Gasteiger partial charge in [-0.25, -0.2) is 4.98 Å². The number of fused-ring (bicyclic) bond motifs is 1. The van der Waals surface area contributed by atoms with E-state index in [2.05, 4.69) is 10.3 Å². The fourth-order valence-corrected chi connectivity index (χ4v) is 3.74. The lowest BCUT2D eigenvalue weighted by atomic mass is 10.0. The van der Waals surface area contributed by atoms with Gasteiger partial charge in [0.1, 0.15) is 6.04 Å². The Hall–Kier alpha value is -3.24. The Bertz CT molecular complexity index is 1090. The van der Waals surface area contributed by atoms with Gasteiger partial charge in [-0.05, 0) is 51.7 Å². The van der Waals surface area contributed by atoms with Crippen LogP contribution < -0.4 is 10.6 Å². The largest absolute Gasteiger partial charge is 0.408 e. The van der Waals surface area contributed by atoms with Crippen molar-refractivity contribution < 1.29 is 31.9 Å². The highest BCUT2D eigenvalue weighted by Gasteiger charge is 2.39. The summed E-state index contributed by atoms with van der Waals surface area (Å²) in [5.74, 6) is -3.79. The number of anilines is 1. The van der Waals surface area contributed by atoms with Crippen LogP contribution in [0.2, 0.25) is 0 Å². The van der Waals surface area contributed by atoms with Crippen LogP contribution in [0.1, 0.15) is 57.4 Å². The summed E-state index contributed by atoms with van der Waals surface area (Å²) in [4.78, 5) is 41.6. The summed E-state index contributed by atoms with van der Waals surface area (Å²) >= 11 is 0. The number of alkyl halides is 3. The number of hydrogen-bond acceptors (Lipinski definition) is 4. The topological polar surface area (TPSA) is 93.1 Å². The Morgan fingerprint density at radius 2 is 1.88 bits per heavy atom. The van der Waals surface area contributed by atoms with Crippen LogP contribution in [-0.2, 0) is 17.8 Å². The molecule has 3 rings (SSSR count). The number of rotatable bonds is 5. The Labute approximate surface area is 181 Å². The Balaban J connectivity index is 1.95. The number of ketones is 1. The van der Waals surface area contributed by atoms with Crippen LogP contribution in [0.25, 0.3) is 0 Å². The number of Topliss-reactive ketones (excluding diaryl/α,β-unsaturated/α-hetero) is 1. The van der Waals surface area contributed by atoms with Crippen molar-refractivity contribution in [3.63, 3.8) is 0 Å². The molecule has 2 N–H and O–H groups in total. The predicted molar refractivity (Wildman–Crippen MR) is 107 cm³/mol. The van der Waals surface area contributed by atoms with Crippen LogP contribution in [0.15, 0.2) is 12.3 Å². The van der Waals surface area contributed by atoms with Crippen molar-refractivity contribution in [1.82, 2.24) is 14.9 Å². The second kappa shape index (κ2) is 8.71. The summed E-state index contributed by atoms with van der Waals surface area (Å²) in [6, 6.07) is -0.803. The molecule has 7 nitrogen and oxygen atoms in total. The molecule has 1 aliphatic rings. The fraction of sp³-hybridized carbons (Fsp3) is 0.429. The van der Waals surface area contributed by atoms with E-state index in [-0.39, 0.29) is 28.1 Å². The van der Waals surface area contributed by atoms with E-state index in [0.717, 1.165) is 19.5 Å². The number of nitrogens with zero attached hydrogens (tertiary/aromatic N) is 2. The quantitative estimate of drug-likeness (QED) is 0.313. The number of aryl methyl sites for hydroxylation is 1. The zero-order valence-electron chi connectivity index (χ0n) is 17.7. The van der Waals surface area contributed by atoms with Gasteiger partial charge in [0.15, 0.2) is 0 Å². The van der Waals surface area contributed by atoms with Gasteiger partial charge >= 0.3 is 6.18 Å². The van der Waals surface area contributed by atoms with Gasteiger partial charge in [0.05, 0.1) is 23.1 Å². The molecule has 2 aromatic heterocycles. The first-order chi connectivity index (χ1) is 14.9. The summed E-state index contributed by atoms with van der Waals surface area (Å²) in [5, 5.41) is 4.28. The van der Waals surface area contributed by atoms with Crippen molar-refractivity contribution in [2.45, 2.75) is 58.8 Å². The normalized spacial score (nSPS) is 14.5. The summed E-state index contributed by atoms with van der Waals surface area (Å²) in [5.41, 5.74) is 1.26. The lowest BCUT2D eigenvalue weighted by Crippen LogP contribution is -2.46. The van der Waals surface area contributed by atoms with Crippen LogP contribution in [0.5, 0.6) is 0 Å². The molecule has 0 fully saturated rings. The van der Waals surface area contributed by atoms with Crippen LogP contribution in [0.3, 0.4) is 0 Å². The first-order valence-electron chi connectivity index (χ1n) is 9.99. The monoisotopic (exact) mass is 454 g/mol. The van der Waals surface area contributed by atoms with Gasteiger partial charge < -0.3 is 15.2 Å². The maximum atomic E-state index is 13.4. The molecule has 2 aromatic rings. The van der Waals surface area contributed by atoms with Crippen molar-refractivity contribution in [3.8, 4) is 0 Å². The van der Waals surface area contributed by atoms with Crippen molar-refractivity contribution in [3.05, 3.63) is 46.3 Å². The summed E-state index contributed by atoms with van der Waals surface area (Å²) in [7, 11) is 0. The van der Waals surface area contributed by atoms with Crippen LogP contribution >= 0.6 is 0 Å². The Morgan fingerprint density at radius 1 is 1.19 bits per heavy atom.